The van der Waals surface area contributed by atoms with E-state index >= 15 is 0 Å². The minimum Gasteiger partial charge on any atom is -0.396 e. The fraction of sp³-hybridized carbons (Fsp3) is 0.889. The van der Waals surface area contributed by atoms with Gasteiger partial charge in [0.2, 0.25) is 0 Å². The zero-order chi connectivity index (χ0) is 9.40. The van der Waals surface area contributed by atoms with Crippen LogP contribution in [0, 0.1) is 0 Å². The lowest BCUT2D eigenvalue weighted by molar-refractivity contribution is 0.322. The summed E-state index contributed by atoms with van der Waals surface area (Å²) in [4.78, 5) is 4.48. The van der Waals surface area contributed by atoms with Gasteiger partial charge >= 0.3 is 0 Å². The Labute approximate surface area is 79.5 Å². The Morgan fingerprint density at radius 2 is 2.17 bits per heavy atom. The molecule has 0 saturated carbocycles. The van der Waals surface area contributed by atoms with Gasteiger partial charge in [-0.1, -0.05) is 6.92 Å². The molecule has 0 aliphatic carbocycles. The van der Waals surface area contributed by atoms with Crippen LogP contribution in [0.25, 0.3) is 0 Å². The highest BCUT2D eigenvalue weighted by Gasteiger charge is 2.02. The van der Waals surface area contributed by atoms with Gasteiger partial charge in [-0.05, 0) is 20.3 Å². The molecular formula is C9H19NOS. The average Bonchev–Trinajstić information content (AvgIpc) is 2.02. The van der Waals surface area contributed by atoms with E-state index in [1.165, 1.54) is 0 Å². The van der Waals surface area contributed by atoms with E-state index in [1.807, 2.05) is 13.8 Å². The Morgan fingerprint density at radius 1 is 1.50 bits per heavy atom. The first-order valence-electron chi connectivity index (χ1n) is 4.40. The van der Waals surface area contributed by atoms with Crippen LogP contribution in [0.1, 0.15) is 27.2 Å². The molecule has 0 aromatic carbocycles. The van der Waals surface area contributed by atoms with Gasteiger partial charge < -0.3 is 5.11 Å². The van der Waals surface area contributed by atoms with Crippen LogP contribution in [0.15, 0.2) is 4.99 Å². The molecule has 0 bridgehead atoms. The normalized spacial score (nSPS) is 12.7. The summed E-state index contributed by atoms with van der Waals surface area (Å²) < 4.78 is 0. The Balaban J connectivity index is 3.61. The van der Waals surface area contributed by atoms with Gasteiger partial charge in [0, 0.05) is 17.2 Å². The van der Waals surface area contributed by atoms with E-state index in [-0.39, 0.29) is 6.61 Å². The summed E-state index contributed by atoms with van der Waals surface area (Å²) in [6, 6.07) is 0.437. The minimum absolute atomic E-state index is 0.274. The smallest absolute Gasteiger partial charge is 0.0586 e. The topological polar surface area (TPSA) is 32.6 Å². The van der Waals surface area contributed by atoms with E-state index in [0.717, 1.165) is 23.6 Å². The third-order valence-electron chi connectivity index (χ3n) is 1.46. The maximum atomic E-state index is 8.58. The molecule has 0 rings (SSSR count). The number of hydrogen-bond acceptors (Lipinski definition) is 3. The van der Waals surface area contributed by atoms with Crippen LogP contribution in [0.2, 0.25) is 0 Å². The van der Waals surface area contributed by atoms with Crippen molar-refractivity contribution in [1.82, 2.24) is 0 Å². The van der Waals surface area contributed by atoms with E-state index in [9.17, 15) is 0 Å². The molecule has 0 heterocycles. The van der Waals surface area contributed by atoms with Gasteiger partial charge in [-0.25, -0.2) is 0 Å². The number of aliphatic hydroxyl groups excluding tert-OH is 1. The zero-order valence-corrected chi connectivity index (χ0v) is 9.02. The van der Waals surface area contributed by atoms with E-state index in [0.29, 0.717) is 6.04 Å². The molecule has 2 nitrogen and oxygen atoms in total. The molecule has 0 amide bonds. The predicted octanol–water partition coefficient (Wildman–Crippen LogP) is 1.97. The van der Waals surface area contributed by atoms with Crippen LogP contribution in [-0.4, -0.2) is 35.0 Å². The van der Waals surface area contributed by atoms with Crippen molar-refractivity contribution in [3.05, 3.63) is 0 Å². The van der Waals surface area contributed by atoms with Crippen molar-refractivity contribution in [3.63, 3.8) is 0 Å². The Kier molecular flexibility index (Phi) is 7.61. The molecule has 3 heteroatoms. The third kappa shape index (κ3) is 6.68. The zero-order valence-electron chi connectivity index (χ0n) is 8.21. The van der Waals surface area contributed by atoms with Gasteiger partial charge in [-0.15, -0.1) is 0 Å². The van der Waals surface area contributed by atoms with Crippen LogP contribution in [0.3, 0.4) is 0 Å². The number of hydrogen-bond donors (Lipinski definition) is 1. The molecule has 1 unspecified atom stereocenters. The number of thioether (sulfide) groups is 1. The molecule has 0 fully saturated rings. The van der Waals surface area contributed by atoms with Crippen LogP contribution in [0.4, 0.5) is 0 Å². The number of nitrogens with zero attached hydrogens (tertiary/aromatic N) is 1. The predicted molar refractivity (Wildman–Crippen MR) is 57.3 cm³/mol. The second-order valence-corrected chi connectivity index (χ2v) is 4.09. The SMILES string of the molecule is CCC(CSCCO)N=C(C)C. The summed E-state index contributed by atoms with van der Waals surface area (Å²) in [6.45, 7) is 6.48. The minimum atomic E-state index is 0.274. The third-order valence-corrected chi connectivity index (χ3v) is 2.55. The molecule has 0 aromatic rings. The van der Waals surface area contributed by atoms with Crippen molar-refractivity contribution in [2.45, 2.75) is 33.2 Å². The second kappa shape index (κ2) is 7.62. The van der Waals surface area contributed by atoms with E-state index in [2.05, 4.69) is 11.9 Å². The molecule has 0 aliphatic heterocycles. The first-order valence-corrected chi connectivity index (χ1v) is 5.55. The standard InChI is InChI=1S/C9H19NOS/c1-4-9(10-8(2)3)7-12-6-5-11/h9,11H,4-7H2,1-3H3. The van der Waals surface area contributed by atoms with Gasteiger partial charge in [-0.3, -0.25) is 4.99 Å². The Bertz CT molecular complexity index is 132. The van der Waals surface area contributed by atoms with E-state index < -0.39 is 0 Å². The van der Waals surface area contributed by atoms with Crippen LogP contribution in [-0.2, 0) is 0 Å². The Morgan fingerprint density at radius 3 is 2.58 bits per heavy atom. The fourth-order valence-electron chi connectivity index (χ4n) is 0.895. The van der Waals surface area contributed by atoms with Crippen molar-refractivity contribution in [2.75, 3.05) is 18.1 Å². The molecule has 1 atom stereocenters. The highest BCUT2D eigenvalue weighted by molar-refractivity contribution is 7.99. The number of aliphatic hydroxyl groups is 1. The molecule has 0 radical (unpaired) electrons. The summed E-state index contributed by atoms with van der Waals surface area (Å²) in [6.07, 6.45) is 1.09. The van der Waals surface area contributed by atoms with Gasteiger partial charge in [0.05, 0.1) is 12.6 Å². The van der Waals surface area contributed by atoms with Crippen LogP contribution in [0.5, 0.6) is 0 Å². The number of aliphatic imine (C=N–C) groups is 1. The largest absolute Gasteiger partial charge is 0.396 e. The fourth-order valence-corrected chi connectivity index (χ4v) is 1.77. The van der Waals surface area contributed by atoms with Crippen molar-refractivity contribution in [2.24, 2.45) is 4.99 Å². The maximum Gasteiger partial charge on any atom is 0.0586 e. The molecule has 0 aliphatic rings. The van der Waals surface area contributed by atoms with Gasteiger partial charge in [0.15, 0.2) is 0 Å². The van der Waals surface area contributed by atoms with Gasteiger partial charge in [0.1, 0.15) is 0 Å². The molecule has 12 heavy (non-hydrogen) atoms. The lowest BCUT2D eigenvalue weighted by Gasteiger charge is -2.09. The average molecular weight is 189 g/mol. The maximum absolute atomic E-state index is 8.58. The molecule has 1 N–H and O–H groups in total. The summed E-state index contributed by atoms with van der Waals surface area (Å²) >= 11 is 1.77. The molecule has 0 aromatic heterocycles. The first-order chi connectivity index (χ1) is 5.70. The molecule has 72 valence electrons. The lowest BCUT2D eigenvalue weighted by atomic mass is 10.3. The van der Waals surface area contributed by atoms with Crippen molar-refractivity contribution < 1.29 is 5.11 Å². The summed E-state index contributed by atoms with van der Waals surface area (Å²) in [5.41, 5.74) is 1.14. The summed E-state index contributed by atoms with van der Waals surface area (Å²) in [5.74, 6) is 1.86. The molecule has 0 spiro atoms. The monoisotopic (exact) mass is 189 g/mol. The molecular weight excluding hydrogens is 170 g/mol. The van der Waals surface area contributed by atoms with Crippen LogP contribution >= 0.6 is 11.8 Å². The molecule has 0 saturated heterocycles. The highest BCUT2D eigenvalue weighted by atomic mass is 32.2. The highest BCUT2D eigenvalue weighted by Crippen LogP contribution is 2.08. The first kappa shape index (κ1) is 12.0. The van der Waals surface area contributed by atoms with Gasteiger partial charge in [-0.2, -0.15) is 11.8 Å². The van der Waals surface area contributed by atoms with E-state index in [1.54, 1.807) is 11.8 Å². The van der Waals surface area contributed by atoms with Gasteiger partial charge in [0.25, 0.3) is 0 Å². The number of rotatable bonds is 6. The van der Waals surface area contributed by atoms with Crippen molar-refractivity contribution >= 4 is 17.5 Å². The van der Waals surface area contributed by atoms with Crippen molar-refractivity contribution in [1.29, 1.82) is 0 Å². The summed E-state index contributed by atoms with van der Waals surface area (Å²) in [7, 11) is 0. The summed E-state index contributed by atoms with van der Waals surface area (Å²) in [5, 5.41) is 8.58. The van der Waals surface area contributed by atoms with Crippen molar-refractivity contribution in [3.8, 4) is 0 Å². The quantitative estimate of drug-likeness (QED) is 0.512. The van der Waals surface area contributed by atoms with E-state index in [4.69, 9.17) is 5.11 Å². The lowest BCUT2D eigenvalue weighted by Crippen LogP contribution is -2.09. The second-order valence-electron chi connectivity index (χ2n) is 2.94. The Hall–Kier alpha value is -0.0200. The van der Waals surface area contributed by atoms with Crippen LogP contribution < -0.4 is 0 Å².